The molecule has 1 atom stereocenters. The summed E-state index contributed by atoms with van der Waals surface area (Å²) >= 11 is 0. The third-order valence-corrected chi connectivity index (χ3v) is 4.85. The highest BCUT2D eigenvalue weighted by Gasteiger charge is 2.43. The summed E-state index contributed by atoms with van der Waals surface area (Å²) in [5, 5.41) is 8.96. The molecule has 116 valence electrons. The van der Waals surface area contributed by atoms with Crippen LogP contribution in [-0.4, -0.2) is 57.9 Å². The maximum absolute atomic E-state index is 12.6. The zero-order valence-electron chi connectivity index (χ0n) is 12.2. The Morgan fingerprint density at radius 3 is 2.43 bits per heavy atom. The van der Waals surface area contributed by atoms with Gasteiger partial charge >= 0.3 is 5.97 Å². The van der Waals surface area contributed by atoms with Crippen LogP contribution in [0.2, 0.25) is 0 Å². The third kappa shape index (κ3) is 3.04. The molecule has 0 aromatic carbocycles. The van der Waals surface area contributed by atoms with Crippen LogP contribution in [0.25, 0.3) is 0 Å². The Labute approximate surface area is 124 Å². The van der Waals surface area contributed by atoms with Gasteiger partial charge in [0, 0.05) is 25.0 Å². The van der Waals surface area contributed by atoms with Gasteiger partial charge in [-0.05, 0) is 25.7 Å². The Balaban J connectivity index is 1.64. The molecule has 1 N–H and O–H groups in total. The van der Waals surface area contributed by atoms with E-state index >= 15 is 0 Å². The second kappa shape index (κ2) is 5.66. The molecule has 2 amide bonds. The zero-order chi connectivity index (χ0) is 15.0. The van der Waals surface area contributed by atoms with Crippen molar-refractivity contribution in [2.45, 2.75) is 57.0 Å². The second-order valence-corrected chi connectivity index (χ2v) is 6.48. The first-order chi connectivity index (χ1) is 10.1. The fourth-order valence-corrected chi connectivity index (χ4v) is 3.62. The van der Waals surface area contributed by atoms with Crippen LogP contribution >= 0.6 is 0 Å². The van der Waals surface area contributed by atoms with Gasteiger partial charge in [0.15, 0.2) is 0 Å². The summed E-state index contributed by atoms with van der Waals surface area (Å²) in [5.41, 5.74) is 0. The van der Waals surface area contributed by atoms with Crippen LogP contribution in [0, 0.1) is 5.92 Å². The lowest BCUT2D eigenvalue weighted by molar-refractivity contribution is -0.146. The van der Waals surface area contributed by atoms with E-state index in [2.05, 4.69) is 0 Å². The van der Waals surface area contributed by atoms with E-state index in [9.17, 15) is 14.4 Å². The van der Waals surface area contributed by atoms with Crippen LogP contribution in [-0.2, 0) is 14.4 Å². The number of carbonyl (C=O) groups excluding carboxylic acids is 2. The van der Waals surface area contributed by atoms with E-state index in [-0.39, 0.29) is 36.7 Å². The van der Waals surface area contributed by atoms with Crippen LogP contribution in [0.4, 0.5) is 0 Å². The molecule has 0 radical (unpaired) electrons. The molecule has 1 saturated heterocycles. The van der Waals surface area contributed by atoms with E-state index in [1.54, 1.807) is 0 Å². The number of amides is 2. The predicted octanol–water partition coefficient (Wildman–Crippen LogP) is 0.853. The summed E-state index contributed by atoms with van der Waals surface area (Å²) in [7, 11) is 0. The Hall–Kier alpha value is -1.59. The fourth-order valence-electron chi connectivity index (χ4n) is 3.62. The fraction of sp³-hybridized carbons (Fsp3) is 0.800. The van der Waals surface area contributed by atoms with Crippen molar-refractivity contribution in [2.24, 2.45) is 5.92 Å². The molecule has 0 bridgehead atoms. The van der Waals surface area contributed by atoms with Gasteiger partial charge in [0.05, 0.1) is 5.92 Å². The van der Waals surface area contributed by atoms with Gasteiger partial charge in [-0.2, -0.15) is 0 Å². The SMILES string of the molecule is O=C(O)CN(C(=O)C1CC(=O)N(C2CCCC2)C1)C1CC1. The Kier molecular flexibility index (Phi) is 3.87. The average molecular weight is 294 g/mol. The van der Waals surface area contributed by atoms with E-state index in [4.69, 9.17) is 5.11 Å². The van der Waals surface area contributed by atoms with Crippen LogP contribution in [0.15, 0.2) is 0 Å². The quantitative estimate of drug-likeness (QED) is 0.815. The molecule has 6 heteroatoms. The number of hydrogen-bond donors (Lipinski definition) is 1. The minimum Gasteiger partial charge on any atom is -0.480 e. The molecule has 1 heterocycles. The van der Waals surface area contributed by atoms with E-state index in [1.807, 2.05) is 4.90 Å². The predicted molar refractivity (Wildman–Crippen MR) is 74.4 cm³/mol. The van der Waals surface area contributed by atoms with E-state index in [0.29, 0.717) is 12.6 Å². The van der Waals surface area contributed by atoms with Crippen molar-refractivity contribution in [1.82, 2.24) is 9.80 Å². The van der Waals surface area contributed by atoms with Crippen molar-refractivity contribution in [2.75, 3.05) is 13.1 Å². The number of carboxylic acid groups (broad SMARTS) is 1. The van der Waals surface area contributed by atoms with Gasteiger partial charge in [-0.15, -0.1) is 0 Å². The summed E-state index contributed by atoms with van der Waals surface area (Å²) in [6, 6.07) is 0.369. The lowest BCUT2D eigenvalue weighted by Crippen LogP contribution is -2.42. The van der Waals surface area contributed by atoms with Crippen LogP contribution in [0.5, 0.6) is 0 Å². The standard InChI is InChI=1S/C15H22N2O4/c18-13-7-10(8-16(13)11-3-1-2-4-11)15(21)17(9-14(19)20)12-5-6-12/h10-12H,1-9H2,(H,19,20). The summed E-state index contributed by atoms with van der Waals surface area (Å²) in [4.78, 5) is 39.0. The zero-order valence-corrected chi connectivity index (χ0v) is 12.2. The monoisotopic (exact) mass is 294 g/mol. The average Bonchev–Trinajstić information content (AvgIpc) is 2.98. The molecule has 1 unspecified atom stereocenters. The van der Waals surface area contributed by atoms with E-state index < -0.39 is 5.97 Å². The van der Waals surface area contributed by atoms with Crippen molar-refractivity contribution in [3.05, 3.63) is 0 Å². The van der Waals surface area contributed by atoms with Crippen LogP contribution in [0.1, 0.15) is 44.9 Å². The first-order valence-corrected chi connectivity index (χ1v) is 7.88. The van der Waals surface area contributed by atoms with Gasteiger partial charge in [0.1, 0.15) is 6.54 Å². The van der Waals surface area contributed by atoms with Gasteiger partial charge in [-0.3, -0.25) is 14.4 Å². The molecule has 21 heavy (non-hydrogen) atoms. The molecule has 0 spiro atoms. The van der Waals surface area contributed by atoms with Crippen molar-refractivity contribution >= 4 is 17.8 Å². The normalized spacial score (nSPS) is 26.4. The Morgan fingerprint density at radius 2 is 1.86 bits per heavy atom. The lowest BCUT2D eigenvalue weighted by atomic mass is 10.1. The molecular formula is C15H22N2O4. The first-order valence-electron chi connectivity index (χ1n) is 7.88. The third-order valence-electron chi connectivity index (χ3n) is 4.85. The lowest BCUT2D eigenvalue weighted by Gasteiger charge is -2.26. The molecule has 3 fully saturated rings. The molecule has 3 aliphatic rings. The topological polar surface area (TPSA) is 77.9 Å². The summed E-state index contributed by atoms with van der Waals surface area (Å²) in [6.45, 7) is 0.239. The Bertz CT molecular complexity index is 455. The van der Waals surface area contributed by atoms with Gasteiger partial charge in [-0.1, -0.05) is 12.8 Å². The van der Waals surface area contributed by atoms with Crippen molar-refractivity contribution in [1.29, 1.82) is 0 Å². The number of carbonyl (C=O) groups is 3. The number of aliphatic carboxylic acids is 1. The van der Waals surface area contributed by atoms with Crippen LogP contribution in [0.3, 0.4) is 0 Å². The maximum Gasteiger partial charge on any atom is 0.323 e. The van der Waals surface area contributed by atoms with Crippen molar-refractivity contribution in [3.63, 3.8) is 0 Å². The summed E-state index contributed by atoms with van der Waals surface area (Å²) in [6.07, 6.45) is 6.39. The molecule has 6 nitrogen and oxygen atoms in total. The van der Waals surface area contributed by atoms with E-state index in [0.717, 1.165) is 38.5 Å². The molecule has 2 saturated carbocycles. The summed E-state index contributed by atoms with van der Waals surface area (Å²) in [5.74, 6) is -1.41. The van der Waals surface area contributed by atoms with E-state index in [1.165, 1.54) is 4.90 Å². The van der Waals surface area contributed by atoms with Crippen molar-refractivity contribution in [3.8, 4) is 0 Å². The summed E-state index contributed by atoms with van der Waals surface area (Å²) < 4.78 is 0. The number of nitrogens with zero attached hydrogens (tertiary/aromatic N) is 2. The molecule has 3 rings (SSSR count). The minimum atomic E-state index is -0.979. The first kappa shape index (κ1) is 14.4. The molecule has 0 aromatic rings. The molecule has 0 aromatic heterocycles. The van der Waals surface area contributed by atoms with Gasteiger partial charge in [0.2, 0.25) is 11.8 Å². The highest BCUT2D eigenvalue weighted by molar-refractivity contribution is 5.91. The Morgan fingerprint density at radius 1 is 1.19 bits per heavy atom. The second-order valence-electron chi connectivity index (χ2n) is 6.48. The molecular weight excluding hydrogens is 272 g/mol. The largest absolute Gasteiger partial charge is 0.480 e. The highest BCUT2D eigenvalue weighted by Crippen LogP contribution is 2.33. The number of carboxylic acids is 1. The molecule has 1 aliphatic heterocycles. The van der Waals surface area contributed by atoms with Crippen LogP contribution < -0.4 is 0 Å². The minimum absolute atomic E-state index is 0.0614. The van der Waals surface area contributed by atoms with Gasteiger partial charge in [-0.25, -0.2) is 0 Å². The maximum atomic E-state index is 12.6. The van der Waals surface area contributed by atoms with Crippen molar-refractivity contribution < 1.29 is 19.5 Å². The molecule has 2 aliphatic carbocycles. The number of rotatable bonds is 5. The number of hydrogen-bond acceptors (Lipinski definition) is 3. The highest BCUT2D eigenvalue weighted by atomic mass is 16.4. The smallest absolute Gasteiger partial charge is 0.323 e. The van der Waals surface area contributed by atoms with Gasteiger partial charge < -0.3 is 14.9 Å². The number of likely N-dealkylation sites (tertiary alicyclic amines) is 1. The van der Waals surface area contributed by atoms with Gasteiger partial charge in [0.25, 0.3) is 0 Å².